The summed E-state index contributed by atoms with van der Waals surface area (Å²) in [6, 6.07) is 3.45. The Labute approximate surface area is 104 Å². The molecule has 0 fully saturated rings. The summed E-state index contributed by atoms with van der Waals surface area (Å²) >= 11 is 0. The molecule has 3 nitrogen and oxygen atoms in total. The lowest BCUT2D eigenvalue weighted by atomic mass is 10.1. The molecular formula is C13H15F2N3. The van der Waals surface area contributed by atoms with Gasteiger partial charge in [0.15, 0.2) is 0 Å². The second-order valence-corrected chi connectivity index (χ2v) is 4.17. The number of benzene rings is 1. The van der Waals surface area contributed by atoms with E-state index in [0.717, 1.165) is 18.0 Å². The van der Waals surface area contributed by atoms with Crippen molar-refractivity contribution < 1.29 is 8.78 Å². The van der Waals surface area contributed by atoms with Crippen LogP contribution in [-0.4, -0.2) is 16.6 Å². The van der Waals surface area contributed by atoms with E-state index in [-0.39, 0.29) is 5.56 Å². The number of halogens is 2. The Bertz CT molecular complexity index is 576. The number of nitrogens with zero attached hydrogens (tertiary/aromatic N) is 2. The van der Waals surface area contributed by atoms with Crippen LogP contribution in [0.4, 0.5) is 8.78 Å². The summed E-state index contributed by atoms with van der Waals surface area (Å²) in [6.07, 6.45) is 0. The minimum atomic E-state index is -0.458. The molecule has 0 atom stereocenters. The van der Waals surface area contributed by atoms with Crippen molar-refractivity contribution in [3.63, 3.8) is 0 Å². The van der Waals surface area contributed by atoms with Crippen molar-refractivity contribution in [3.8, 4) is 11.3 Å². The minimum absolute atomic E-state index is 0.239. The fourth-order valence-electron chi connectivity index (χ4n) is 1.98. The van der Waals surface area contributed by atoms with Gasteiger partial charge in [0.2, 0.25) is 0 Å². The molecule has 0 unspecified atom stereocenters. The number of rotatable bonds is 3. The number of aryl methyl sites for hydroxylation is 1. The summed E-state index contributed by atoms with van der Waals surface area (Å²) in [5.74, 6) is -0.142. The predicted octanol–water partition coefficient (Wildman–Crippen LogP) is 2.39. The van der Waals surface area contributed by atoms with Gasteiger partial charge in [-0.25, -0.2) is 13.8 Å². The van der Waals surface area contributed by atoms with Gasteiger partial charge in [0.05, 0.1) is 11.4 Å². The first-order chi connectivity index (χ1) is 8.54. The van der Waals surface area contributed by atoms with Gasteiger partial charge in [-0.05, 0) is 32.2 Å². The third kappa shape index (κ3) is 2.13. The average Bonchev–Trinajstić information content (AvgIpc) is 2.59. The minimum Gasteiger partial charge on any atom is -0.331 e. The van der Waals surface area contributed by atoms with Gasteiger partial charge in [-0.3, -0.25) is 0 Å². The van der Waals surface area contributed by atoms with Crippen molar-refractivity contribution in [1.29, 1.82) is 0 Å². The number of nitrogens with one attached hydrogen (secondary N) is 1. The lowest BCUT2D eigenvalue weighted by molar-refractivity contribution is 0.601. The molecule has 1 aromatic carbocycles. The molecule has 0 saturated heterocycles. The highest BCUT2D eigenvalue weighted by Crippen LogP contribution is 2.27. The van der Waals surface area contributed by atoms with Crippen molar-refractivity contribution in [2.45, 2.75) is 13.5 Å². The topological polar surface area (TPSA) is 29.9 Å². The molecule has 96 valence electrons. The summed E-state index contributed by atoms with van der Waals surface area (Å²) in [5, 5.41) is 2.98. The molecular weight excluding hydrogens is 236 g/mol. The zero-order valence-corrected chi connectivity index (χ0v) is 10.6. The third-order valence-corrected chi connectivity index (χ3v) is 2.92. The summed E-state index contributed by atoms with van der Waals surface area (Å²) in [5.41, 5.74) is 1.56. The fourth-order valence-corrected chi connectivity index (χ4v) is 1.98. The fraction of sp³-hybridized carbons (Fsp3) is 0.308. The van der Waals surface area contributed by atoms with Gasteiger partial charge in [0.1, 0.15) is 17.5 Å². The number of hydrogen-bond donors (Lipinski definition) is 1. The zero-order valence-electron chi connectivity index (χ0n) is 10.6. The molecule has 0 radical (unpaired) electrons. The van der Waals surface area contributed by atoms with Gasteiger partial charge in [0, 0.05) is 19.2 Å². The van der Waals surface area contributed by atoms with Gasteiger partial charge in [-0.2, -0.15) is 0 Å². The highest BCUT2D eigenvalue weighted by atomic mass is 19.1. The van der Waals surface area contributed by atoms with Crippen LogP contribution < -0.4 is 5.32 Å². The first-order valence-electron chi connectivity index (χ1n) is 5.66. The van der Waals surface area contributed by atoms with Crippen LogP contribution in [0, 0.1) is 18.6 Å². The lowest BCUT2D eigenvalue weighted by Gasteiger charge is -2.08. The standard InChI is InChI=1S/C13H15F2N3/c1-8-17-12(7-16-2)13(18(8)3)10-6-9(14)4-5-11(10)15/h4-6,16H,7H2,1-3H3. The zero-order chi connectivity index (χ0) is 13.3. The van der Waals surface area contributed by atoms with Gasteiger partial charge in [-0.1, -0.05) is 0 Å². The van der Waals surface area contributed by atoms with Crippen LogP contribution in [0.5, 0.6) is 0 Å². The van der Waals surface area contributed by atoms with Crippen molar-refractivity contribution in [2.24, 2.45) is 7.05 Å². The largest absolute Gasteiger partial charge is 0.331 e. The monoisotopic (exact) mass is 251 g/mol. The molecule has 5 heteroatoms. The molecule has 0 aliphatic heterocycles. The quantitative estimate of drug-likeness (QED) is 0.907. The van der Waals surface area contributed by atoms with E-state index in [4.69, 9.17) is 0 Å². The molecule has 0 amide bonds. The van der Waals surface area contributed by atoms with E-state index in [2.05, 4.69) is 10.3 Å². The molecule has 0 bridgehead atoms. The molecule has 2 aromatic rings. The van der Waals surface area contributed by atoms with Crippen molar-refractivity contribution in [3.05, 3.63) is 41.4 Å². The van der Waals surface area contributed by atoms with E-state index in [9.17, 15) is 8.78 Å². The number of aromatic nitrogens is 2. The Morgan fingerprint density at radius 1 is 1.33 bits per heavy atom. The van der Waals surface area contributed by atoms with Crippen LogP contribution in [0.3, 0.4) is 0 Å². The van der Waals surface area contributed by atoms with Gasteiger partial charge < -0.3 is 9.88 Å². The van der Waals surface area contributed by atoms with Gasteiger partial charge >= 0.3 is 0 Å². The Kier molecular flexibility index (Phi) is 3.43. The van der Waals surface area contributed by atoms with Crippen LogP contribution in [0.15, 0.2) is 18.2 Å². The molecule has 18 heavy (non-hydrogen) atoms. The van der Waals surface area contributed by atoms with E-state index in [1.807, 2.05) is 6.92 Å². The predicted molar refractivity (Wildman–Crippen MR) is 66.1 cm³/mol. The van der Waals surface area contributed by atoms with Gasteiger partial charge in [-0.15, -0.1) is 0 Å². The first kappa shape index (κ1) is 12.7. The lowest BCUT2D eigenvalue weighted by Crippen LogP contribution is -2.07. The van der Waals surface area contributed by atoms with Crippen LogP contribution in [0.1, 0.15) is 11.5 Å². The molecule has 0 spiro atoms. The van der Waals surface area contributed by atoms with E-state index >= 15 is 0 Å². The molecule has 1 N–H and O–H groups in total. The van der Waals surface area contributed by atoms with E-state index in [1.165, 1.54) is 6.07 Å². The van der Waals surface area contributed by atoms with Crippen LogP contribution in [0.2, 0.25) is 0 Å². The third-order valence-electron chi connectivity index (χ3n) is 2.92. The summed E-state index contributed by atoms with van der Waals surface area (Å²) in [4.78, 5) is 4.36. The smallest absolute Gasteiger partial charge is 0.132 e. The van der Waals surface area contributed by atoms with Gasteiger partial charge in [0.25, 0.3) is 0 Å². The first-order valence-corrected chi connectivity index (χ1v) is 5.66. The number of hydrogen-bond acceptors (Lipinski definition) is 2. The average molecular weight is 251 g/mol. The molecule has 1 heterocycles. The van der Waals surface area contributed by atoms with Crippen molar-refractivity contribution >= 4 is 0 Å². The molecule has 0 aliphatic carbocycles. The summed E-state index contributed by atoms with van der Waals surface area (Å²) in [6.45, 7) is 2.34. The number of imidazole rings is 1. The Morgan fingerprint density at radius 2 is 2.06 bits per heavy atom. The second kappa shape index (κ2) is 4.86. The maximum absolute atomic E-state index is 13.8. The summed E-state index contributed by atoms with van der Waals surface area (Å²) < 4.78 is 28.9. The SMILES string of the molecule is CNCc1nc(C)n(C)c1-c1cc(F)ccc1F. The Hall–Kier alpha value is -1.75. The van der Waals surface area contributed by atoms with Crippen LogP contribution >= 0.6 is 0 Å². The maximum Gasteiger partial charge on any atom is 0.132 e. The second-order valence-electron chi connectivity index (χ2n) is 4.17. The maximum atomic E-state index is 13.8. The van der Waals surface area contributed by atoms with Crippen molar-refractivity contribution in [1.82, 2.24) is 14.9 Å². The van der Waals surface area contributed by atoms with Crippen molar-refractivity contribution in [2.75, 3.05) is 7.05 Å². The molecule has 1 aromatic heterocycles. The molecule has 2 rings (SSSR count). The van der Waals surface area contributed by atoms with E-state index in [0.29, 0.717) is 17.9 Å². The van der Waals surface area contributed by atoms with E-state index in [1.54, 1.807) is 18.7 Å². The highest BCUT2D eigenvalue weighted by Gasteiger charge is 2.17. The van der Waals surface area contributed by atoms with Crippen LogP contribution in [0.25, 0.3) is 11.3 Å². The van der Waals surface area contributed by atoms with Crippen LogP contribution in [-0.2, 0) is 13.6 Å². The van der Waals surface area contributed by atoms with E-state index < -0.39 is 11.6 Å². The Morgan fingerprint density at radius 3 is 2.72 bits per heavy atom. The molecule has 0 aliphatic rings. The highest BCUT2D eigenvalue weighted by molar-refractivity contribution is 5.64. The normalized spacial score (nSPS) is 10.9. The molecule has 0 saturated carbocycles. The Balaban J connectivity index is 2.65. The summed E-state index contributed by atoms with van der Waals surface area (Å²) in [7, 11) is 3.58.